The highest BCUT2D eigenvalue weighted by molar-refractivity contribution is 5.93. The van der Waals surface area contributed by atoms with Crippen molar-refractivity contribution in [2.75, 3.05) is 6.54 Å². The lowest BCUT2D eigenvalue weighted by Gasteiger charge is -2.10. The highest BCUT2D eigenvalue weighted by Crippen LogP contribution is 2.25. The maximum atomic E-state index is 5.60. The molecule has 0 saturated carbocycles. The quantitative estimate of drug-likeness (QED) is 0.444. The van der Waals surface area contributed by atoms with Crippen molar-refractivity contribution in [1.29, 1.82) is 0 Å². The van der Waals surface area contributed by atoms with Crippen LogP contribution < -0.4 is 22.5 Å². The molecule has 1 aliphatic heterocycles. The van der Waals surface area contributed by atoms with E-state index in [2.05, 4.69) is 21.4 Å². The second-order valence-electron chi connectivity index (χ2n) is 4.25. The van der Waals surface area contributed by atoms with Crippen molar-refractivity contribution in [3.63, 3.8) is 0 Å². The number of nitrogens with zero attached hydrogens (tertiary/aromatic N) is 2. The molecule has 1 atom stereocenters. The Morgan fingerprint density at radius 3 is 2.78 bits per heavy atom. The smallest absolute Gasteiger partial charge is 0.223 e. The van der Waals surface area contributed by atoms with Crippen LogP contribution in [0, 0.1) is 0 Å². The molecule has 1 fully saturated rings. The van der Waals surface area contributed by atoms with Gasteiger partial charge in [-0.05, 0) is 37.1 Å². The minimum atomic E-state index is -0.0927. The van der Waals surface area contributed by atoms with Crippen LogP contribution in [0.15, 0.2) is 34.3 Å². The van der Waals surface area contributed by atoms with Gasteiger partial charge in [-0.3, -0.25) is 0 Å². The Morgan fingerprint density at radius 1 is 1.28 bits per heavy atom. The van der Waals surface area contributed by atoms with Crippen LogP contribution in [0.5, 0.6) is 0 Å². The molecule has 0 aromatic heterocycles. The Kier molecular flexibility index (Phi) is 3.78. The van der Waals surface area contributed by atoms with E-state index in [0.29, 0.717) is 6.04 Å². The average molecular weight is 246 g/mol. The molecule has 18 heavy (non-hydrogen) atoms. The molecule has 2 rings (SSSR count). The van der Waals surface area contributed by atoms with Crippen LogP contribution in [0.1, 0.15) is 24.4 Å². The molecule has 0 spiro atoms. The first-order valence-corrected chi connectivity index (χ1v) is 5.92. The Labute approximate surface area is 106 Å². The van der Waals surface area contributed by atoms with Gasteiger partial charge in [-0.1, -0.05) is 12.1 Å². The van der Waals surface area contributed by atoms with Crippen LogP contribution in [0.2, 0.25) is 0 Å². The van der Waals surface area contributed by atoms with Gasteiger partial charge in [0.2, 0.25) is 5.96 Å². The third kappa shape index (κ3) is 3.21. The zero-order valence-electron chi connectivity index (χ0n) is 10.1. The molecular formula is C12H18N6. The van der Waals surface area contributed by atoms with Gasteiger partial charge in [-0.2, -0.15) is 4.99 Å². The van der Waals surface area contributed by atoms with Crippen molar-refractivity contribution in [1.82, 2.24) is 5.32 Å². The van der Waals surface area contributed by atoms with Crippen molar-refractivity contribution in [3.05, 3.63) is 29.8 Å². The fraction of sp³-hybridized carbons (Fsp3) is 0.333. The lowest BCUT2D eigenvalue weighted by atomic mass is 10.1. The van der Waals surface area contributed by atoms with Crippen molar-refractivity contribution < 1.29 is 0 Å². The third-order valence-electron chi connectivity index (χ3n) is 2.82. The summed E-state index contributed by atoms with van der Waals surface area (Å²) in [6.45, 7) is 1.06. The Morgan fingerprint density at radius 2 is 2.11 bits per heavy atom. The summed E-state index contributed by atoms with van der Waals surface area (Å²) in [5, 5.41) is 3.44. The van der Waals surface area contributed by atoms with Gasteiger partial charge in [0.15, 0.2) is 5.96 Å². The second kappa shape index (κ2) is 5.50. The molecule has 6 nitrogen and oxygen atoms in total. The van der Waals surface area contributed by atoms with Crippen LogP contribution in [-0.4, -0.2) is 18.5 Å². The van der Waals surface area contributed by atoms with Crippen LogP contribution in [0.3, 0.4) is 0 Å². The topological polar surface area (TPSA) is 115 Å². The van der Waals surface area contributed by atoms with Gasteiger partial charge >= 0.3 is 0 Å². The normalized spacial score (nSPS) is 19.8. The molecule has 0 aliphatic carbocycles. The highest BCUT2D eigenvalue weighted by atomic mass is 15.1. The standard InChI is InChI=1S/C12H18N6/c13-11(14)18-12(15)17-9-4-1-3-8(7-9)10-5-2-6-16-10/h1,3-4,7,10,16H,2,5-6H2,(H6,13,14,15,17,18). The van der Waals surface area contributed by atoms with E-state index < -0.39 is 0 Å². The maximum absolute atomic E-state index is 5.60. The van der Waals surface area contributed by atoms with E-state index in [1.54, 1.807) is 0 Å². The molecule has 0 bridgehead atoms. The largest absolute Gasteiger partial charge is 0.370 e. The summed E-state index contributed by atoms with van der Waals surface area (Å²) in [4.78, 5) is 7.83. The Bertz CT molecular complexity index is 469. The number of benzene rings is 1. The molecule has 1 aliphatic rings. The number of guanidine groups is 2. The van der Waals surface area contributed by atoms with E-state index in [1.165, 1.54) is 12.0 Å². The lowest BCUT2D eigenvalue weighted by molar-refractivity contribution is 0.648. The lowest BCUT2D eigenvalue weighted by Crippen LogP contribution is -2.26. The van der Waals surface area contributed by atoms with Crippen LogP contribution in [0.4, 0.5) is 5.69 Å². The summed E-state index contributed by atoms with van der Waals surface area (Å²) in [5.41, 5.74) is 18.0. The fourth-order valence-electron chi connectivity index (χ4n) is 2.07. The predicted octanol–water partition coefficient (Wildman–Crippen LogP) is 0.331. The fourth-order valence-corrected chi connectivity index (χ4v) is 2.07. The zero-order valence-corrected chi connectivity index (χ0v) is 10.1. The van der Waals surface area contributed by atoms with E-state index in [0.717, 1.165) is 18.7 Å². The molecule has 1 saturated heterocycles. The van der Waals surface area contributed by atoms with Gasteiger partial charge in [0, 0.05) is 6.04 Å². The third-order valence-corrected chi connectivity index (χ3v) is 2.82. The van der Waals surface area contributed by atoms with Crippen LogP contribution >= 0.6 is 0 Å². The molecule has 1 aromatic rings. The molecule has 0 amide bonds. The van der Waals surface area contributed by atoms with Crippen LogP contribution in [0.25, 0.3) is 0 Å². The highest BCUT2D eigenvalue weighted by Gasteiger charge is 2.15. The summed E-state index contributed by atoms with van der Waals surface area (Å²) < 4.78 is 0. The van der Waals surface area contributed by atoms with Gasteiger partial charge in [-0.15, -0.1) is 0 Å². The van der Waals surface area contributed by atoms with Gasteiger partial charge in [0.25, 0.3) is 0 Å². The number of hydrogen-bond donors (Lipinski definition) is 4. The Hall–Kier alpha value is -2.08. The van der Waals surface area contributed by atoms with Crippen LogP contribution in [-0.2, 0) is 0 Å². The minimum absolute atomic E-state index is 0.0616. The molecule has 6 heteroatoms. The van der Waals surface area contributed by atoms with Gasteiger partial charge < -0.3 is 22.5 Å². The number of nitrogens with one attached hydrogen (secondary N) is 1. The summed E-state index contributed by atoms with van der Waals surface area (Å²) in [5.74, 6) is -0.0311. The molecule has 0 radical (unpaired) electrons. The minimum Gasteiger partial charge on any atom is -0.370 e. The zero-order chi connectivity index (χ0) is 13.0. The van der Waals surface area contributed by atoms with E-state index >= 15 is 0 Å². The van der Waals surface area contributed by atoms with Gasteiger partial charge in [0.05, 0.1) is 5.69 Å². The average Bonchev–Trinajstić information content (AvgIpc) is 2.81. The van der Waals surface area contributed by atoms with Gasteiger partial charge in [-0.25, -0.2) is 4.99 Å². The van der Waals surface area contributed by atoms with Crippen molar-refractivity contribution in [2.24, 2.45) is 27.2 Å². The summed E-state index contributed by atoms with van der Waals surface area (Å²) in [7, 11) is 0. The first-order valence-electron chi connectivity index (χ1n) is 5.92. The SMILES string of the molecule is NC(N)=NC(N)=Nc1cccc(C2CCCN2)c1. The van der Waals surface area contributed by atoms with E-state index in [4.69, 9.17) is 17.2 Å². The van der Waals surface area contributed by atoms with Crippen molar-refractivity contribution >= 4 is 17.6 Å². The first-order chi connectivity index (χ1) is 8.65. The number of aliphatic imine (C=N–C) groups is 2. The Balaban J connectivity index is 2.19. The van der Waals surface area contributed by atoms with Crippen molar-refractivity contribution in [3.8, 4) is 0 Å². The monoisotopic (exact) mass is 246 g/mol. The van der Waals surface area contributed by atoms with Gasteiger partial charge in [0.1, 0.15) is 0 Å². The molecular weight excluding hydrogens is 228 g/mol. The first kappa shape index (κ1) is 12.4. The predicted molar refractivity (Wildman–Crippen MR) is 73.5 cm³/mol. The number of hydrogen-bond acceptors (Lipinski definition) is 2. The van der Waals surface area contributed by atoms with E-state index in [9.17, 15) is 0 Å². The number of nitrogens with two attached hydrogens (primary N) is 3. The number of rotatable bonds is 2. The second-order valence-corrected chi connectivity index (χ2v) is 4.25. The van der Waals surface area contributed by atoms with Crippen molar-refractivity contribution in [2.45, 2.75) is 18.9 Å². The molecule has 1 unspecified atom stereocenters. The summed E-state index contributed by atoms with van der Waals surface area (Å²) in [6, 6.07) is 8.31. The molecule has 1 heterocycles. The maximum Gasteiger partial charge on any atom is 0.223 e. The summed E-state index contributed by atoms with van der Waals surface area (Å²) >= 11 is 0. The molecule has 7 N–H and O–H groups in total. The molecule has 1 aromatic carbocycles. The van der Waals surface area contributed by atoms with E-state index in [-0.39, 0.29) is 11.9 Å². The molecule has 96 valence electrons. The van der Waals surface area contributed by atoms with E-state index in [1.807, 2.05) is 18.2 Å². The summed E-state index contributed by atoms with van der Waals surface area (Å²) in [6.07, 6.45) is 2.35.